The van der Waals surface area contributed by atoms with Crippen molar-refractivity contribution in [2.24, 2.45) is 0 Å². The highest BCUT2D eigenvalue weighted by molar-refractivity contribution is 5.66. The van der Waals surface area contributed by atoms with E-state index in [9.17, 15) is 0 Å². The minimum Gasteiger partial charge on any atom is -0.343 e. The van der Waals surface area contributed by atoms with Crippen LogP contribution in [0.4, 0.5) is 5.95 Å². The fourth-order valence-corrected chi connectivity index (χ4v) is 2.11. The minimum atomic E-state index is 0.471. The average Bonchev–Trinajstić information content (AvgIpc) is 2.45. The van der Waals surface area contributed by atoms with E-state index in [1.807, 2.05) is 24.3 Å². The number of aromatic nitrogens is 2. The summed E-state index contributed by atoms with van der Waals surface area (Å²) in [6.07, 6.45) is 4.14. The number of anilines is 1. The largest absolute Gasteiger partial charge is 0.343 e. The van der Waals surface area contributed by atoms with Gasteiger partial charge in [0.15, 0.2) is 0 Å². The van der Waals surface area contributed by atoms with Crippen LogP contribution in [0.5, 0.6) is 0 Å². The van der Waals surface area contributed by atoms with Crippen molar-refractivity contribution in [3.05, 3.63) is 41.7 Å². The van der Waals surface area contributed by atoms with Gasteiger partial charge in [0.05, 0.1) is 12.5 Å². The van der Waals surface area contributed by atoms with Gasteiger partial charge in [-0.25, -0.2) is 9.97 Å². The molecule has 20 heavy (non-hydrogen) atoms. The highest BCUT2D eigenvalue weighted by atomic mass is 15.2. The second kappa shape index (κ2) is 6.16. The van der Waals surface area contributed by atoms with Crippen LogP contribution >= 0.6 is 0 Å². The van der Waals surface area contributed by atoms with Crippen molar-refractivity contribution in [1.29, 1.82) is 5.26 Å². The summed E-state index contributed by atoms with van der Waals surface area (Å²) in [4.78, 5) is 10.6. The first kappa shape index (κ1) is 14.0. The van der Waals surface area contributed by atoms with Crippen molar-refractivity contribution >= 4 is 5.95 Å². The van der Waals surface area contributed by atoms with Crippen molar-refractivity contribution < 1.29 is 0 Å². The van der Waals surface area contributed by atoms with Crippen molar-refractivity contribution in [2.75, 3.05) is 18.5 Å². The highest BCUT2D eigenvalue weighted by Crippen LogP contribution is 2.23. The first-order chi connectivity index (χ1) is 9.61. The molecule has 1 aromatic heterocycles. The Kier molecular flexibility index (Phi) is 4.31. The van der Waals surface area contributed by atoms with Crippen LogP contribution in [0, 0.1) is 25.2 Å². The van der Waals surface area contributed by atoms with Gasteiger partial charge in [0.25, 0.3) is 0 Å². The molecule has 1 aromatic carbocycles. The third kappa shape index (κ3) is 3.12. The lowest BCUT2D eigenvalue weighted by atomic mass is 10.0. The molecule has 0 spiro atoms. The highest BCUT2D eigenvalue weighted by Gasteiger charge is 2.06. The molecule has 0 aliphatic carbocycles. The molecule has 0 aliphatic heterocycles. The van der Waals surface area contributed by atoms with Gasteiger partial charge >= 0.3 is 0 Å². The van der Waals surface area contributed by atoms with E-state index in [0.29, 0.717) is 18.9 Å². The van der Waals surface area contributed by atoms with Gasteiger partial charge in [-0.3, -0.25) is 0 Å². The number of aryl methyl sites for hydroxylation is 2. The van der Waals surface area contributed by atoms with E-state index in [4.69, 9.17) is 5.26 Å². The zero-order valence-electron chi connectivity index (χ0n) is 12.1. The van der Waals surface area contributed by atoms with Gasteiger partial charge in [0, 0.05) is 31.5 Å². The van der Waals surface area contributed by atoms with Crippen molar-refractivity contribution in [2.45, 2.75) is 20.3 Å². The second-order valence-electron chi connectivity index (χ2n) is 4.92. The summed E-state index contributed by atoms with van der Waals surface area (Å²) in [5.41, 5.74) is 4.64. The predicted molar refractivity (Wildman–Crippen MR) is 80.4 cm³/mol. The first-order valence-electron chi connectivity index (χ1n) is 6.59. The molecule has 4 heteroatoms. The summed E-state index contributed by atoms with van der Waals surface area (Å²) >= 11 is 0. The minimum absolute atomic E-state index is 0.471. The third-order valence-corrected chi connectivity index (χ3v) is 3.23. The maximum atomic E-state index is 8.59. The molecule has 102 valence electrons. The van der Waals surface area contributed by atoms with Gasteiger partial charge in [0.1, 0.15) is 0 Å². The lowest BCUT2D eigenvalue weighted by Crippen LogP contribution is -2.20. The van der Waals surface area contributed by atoms with Gasteiger partial charge in [0.2, 0.25) is 5.95 Å². The molecule has 0 aliphatic rings. The maximum Gasteiger partial charge on any atom is 0.225 e. The van der Waals surface area contributed by atoms with Crippen molar-refractivity contribution in [1.82, 2.24) is 9.97 Å². The molecule has 0 amide bonds. The molecule has 0 radical (unpaired) electrons. The Labute approximate surface area is 119 Å². The molecule has 0 saturated heterocycles. The lowest BCUT2D eigenvalue weighted by Gasteiger charge is -2.15. The fraction of sp³-hybridized carbons (Fsp3) is 0.312. The van der Waals surface area contributed by atoms with E-state index in [2.05, 4.69) is 48.1 Å². The smallest absolute Gasteiger partial charge is 0.225 e. The van der Waals surface area contributed by atoms with Crippen LogP contribution in [0.1, 0.15) is 17.5 Å². The maximum absolute atomic E-state index is 8.59. The molecule has 2 rings (SSSR count). The fourth-order valence-electron chi connectivity index (χ4n) is 2.11. The molecule has 2 aromatic rings. The van der Waals surface area contributed by atoms with E-state index in [1.54, 1.807) is 0 Å². The molecule has 0 unspecified atom stereocenters. The molecule has 0 saturated carbocycles. The molecule has 0 fully saturated rings. The normalized spacial score (nSPS) is 10.1. The third-order valence-electron chi connectivity index (χ3n) is 3.23. The van der Waals surface area contributed by atoms with E-state index in [-0.39, 0.29) is 0 Å². The Morgan fingerprint density at radius 3 is 2.50 bits per heavy atom. The van der Waals surface area contributed by atoms with Crippen molar-refractivity contribution in [3.63, 3.8) is 0 Å². The number of hydrogen-bond donors (Lipinski definition) is 0. The number of rotatable bonds is 4. The number of hydrogen-bond acceptors (Lipinski definition) is 4. The zero-order valence-corrected chi connectivity index (χ0v) is 12.1. The van der Waals surface area contributed by atoms with Gasteiger partial charge in [-0.05, 0) is 25.0 Å². The van der Waals surface area contributed by atoms with E-state index in [1.165, 1.54) is 11.1 Å². The Balaban J connectivity index is 2.22. The predicted octanol–water partition coefficient (Wildman–Crippen LogP) is 3.11. The molecule has 0 N–H and O–H groups in total. The van der Waals surface area contributed by atoms with Crippen LogP contribution < -0.4 is 4.90 Å². The van der Waals surface area contributed by atoms with Gasteiger partial charge in [-0.15, -0.1) is 0 Å². The van der Waals surface area contributed by atoms with Crippen LogP contribution in [0.3, 0.4) is 0 Å². The topological polar surface area (TPSA) is 52.8 Å². The van der Waals surface area contributed by atoms with E-state index in [0.717, 1.165) is 11.1 Å². The van der Waals surface area contributed by atoms with E-state index >= 15 is 0 Å². The molecular formula is C16H18N4. The summed E-state index contributed by atoms with van der Waals surface area (Å²) < 4.78 is 0. The summed E-state index contributed by atoms with van der Waals surface area (Å²) in [6.45, 7) is 4.81. The zero-order chi connectivity index (χ0) is 14.5. The number of nitriles is 1. The van der Waals surface area contributed by atoms with Crippen LogP contribution in [0.15, 0.2) is 30.6 Å². The SMILES string of the molecule is Cc1ccc(-c2cnc(N(C)CCC#N)nc2)c(C)c1. The Bertz CT molecular complexity index is 626. The Hall–Kier alpha value is -2.41. The van der Waals surface area contributed by atoms with E-state index < -0.39 is 0 Å². The van der Waals surface area contributed by atoms with Crippen LogP contribution in [-0.4, -0.2) is 23.6 Å². The second-order valence-corrected chi connectivity index (χ2v) is 4.92. The number of benzene rings is 1. The summed E-state index contributed by atoms with van der Waals surface area (Å²) in [6, 6.07) is 8.47. The number of nitrogens with zero attached hydrogens (tertiary/aromatic N) is 4. The Morgan fingerprint density at radius 1 is 1.20 bits per heavy atom. The molecule has 0 atom stereocenters. The molecule has 0 bridgehead atoms. The summed E-state index contributed by atoms with van der Waals surface area (Å²) in [5, 5.41) is 8.59. The first-order valence-corrected chi connectivity index (χ1v) is 6.59. The monoisotopic (exact) mass is 266 g/mol. The van der Waals surface area contributed by atoms with Gasteiger partial charge in [-0.1, -0.05) is 23.8 Å². The quantitative estimate of drug-likeness (QED) is 0.853. The van der Waals surface area contributed by atoms with Gasteiger partial charge < -0.3 is 4.90 Å². The molecular weight excluding hydrogens is 248 g/mol. The summed E-state index contributed by atoms with van der Waals surface area (Å²) in [7, 11) is 1.89. The van der Waals surface area contributed by atoms with Crippen LogP contribution in [0.2, 0.25) is 0 Å². The summed E-state index contributed by atoms with van der Waals surface area (Å²) in [5.74, 6) is 0.647. The Morgan fingerprint density at radius 2 is 1.90 bits per heavy atom. The van der Waals surface area contributed by atoms with Gasteiger partial charge in [-0.2, -0.15) is 5.26 Å². The standard InChI is InChI=1S/C16H18N4/c1-12-5-6-15(13(2)9-12)14-10-18-16(19-11-14)20(3)8-4-7-17/h5-6,9-11H,4,8H2,1-3H3. The lowest BCUT2D eigenvalue weighted by molar-refractivity contribution is 0.859. The average molecular weight is 266 g/mol. The van der Waals surface area contributed by atoms with Crippen LogP contribution in [-0.2, 0) is 0 Å². The van der Waals surface area contributed by atoms with Crippen LogP contribution in [0.25, 0.3) is 11.1 Å². The molecule has 4 nitrogen and oxygen atoms in total. The molecule has 1 heterocycles. The van der Waals surface area contributed by atoms with Crippen molar-refractivity contribution in [3.8, 4) is 17.2 Å².